The minimum absolute atomic E-state index is 0.0851. The number of rotatable bonds is 1. The van der Waals surface area contributed by atoms with Gasteiger partial charge in [-0.05, 0) is 19.1 Å². The summed E-state index contributed by atoms with van der Waals surface area (Å²) in [5.41, 5.74) is 1.82. The van der Waals surface area contributed by atoms with Gasteiger partial charge in [0.25, 0.3) is 5.56 Å². The van der Waals surface area contributed by atoms with Gasteiger partial charge in [-0.25, -0.2) is 4.98 Å². The Bertz CT molecular complexity index is 768. The van der Waals surface area contributed by atoms with Crippen molar-refractivity contribution in [3.05, 3.63) is 40.5 Å². The van der Waals surface area contributed by atoms with Crippen LogP contribution in [0.3, 0.4) is 0 Å². The molecular formula is C13H12N2O2. The maximum absolute atomic E-state index is 12.2. The third-order valence-electron chi connectivity index (χ3n) is 2.94. The molecule has 0 aliphatic heterocycles. The van der Waals surface area contributed by atoms with Crippen LogP contribution >= 0.6 is 0 Å². The average Bonchev–Trinajstić information content (AvgIpc) is 2.72. The monoisotopic (exact) mass is 228 g/mol. The summed E-state index contributed by atoms with van der Waals surface area (Å²) in [5, 5.41) is 0.935. The van der Waals surface area contributed by atoms with Gasteiger partial charge in [0.1, 0.15) is 0 Å². The molecule has 2 aromatic heterocycles. The van der Waals surface area contributed by atoms with Crippen molar-refractivity contribution in [3.63, 3.8) is 0 Å². The van der Waals surface area contributed by atoms with Crippen molar-refractivity contribution in [1.82, 2.24) is 9.55 Å². The van der Waals surface area contributed by atoms with Gasteiger partial charge in [0.05, 0.1) is 5.52 Å². The highest BCUT2D eigenvalue weighted by molar-refractivity contribution is 6.00. The summed E-state index contributed by atoms with van der Waals surface area (Å²) < 4.78 is 7.26. The Labute approximate surface area is 97.5 Å². The van der Waals surface area contributed by atoms with Crippen LogP contribution in [0.2, 0.25) is 0 Å². The SMILES string of the molecule is CCn1c(=O)c2nc(C)oc2c2ccccc21. The lowest BCUT2D eigenvalue weighted by Gasteiger charge is -2.06. The van der Waals surface area contributed by atoms with E-state index < -0.39 is 0 Å². The van der Waals surface area contributed by atoms with Crippen LogP contribution in [0.4, 0.5) is 0 Å². The zero-order valence-corrected chi connectivity index (χ0v) is 9.73. The van der Waals surface area contributed by atoms with Crippen molar-refractivity contribution in [2.75, 3.05) is 0 Å². The smallest absolute Gasteiger partial charge is 0.280 e. The number of nitrogens with zero attached hydrogens (tertiary/aromatic N) is 2. The highest BCUT2D eigenvalue weighted by Gasteiger charge is 2.14. The van der Waals surface area contributed by atoms with Gasteiger partial charge in [0, 0.05) is 18.9 Å². The molecule has 0 fully saturated rings. The second-order valence-corrected chi connectivity index (χ2v) is 3.98. The number of para-hydroxylation sites is 1. The third kappa shape index (κ3) is 1.30. The topological polar surface area (TPSA) is 48.0 Å². The first-order chi connectivity index (χ1) is 8.22. The Morgan fingerprint density at radius 3 is 2.88 bits per heavy atom. The van der Waals surface area contributed by atoms with Gasteiger partial charge in [0.2, 0.25) is 0 Å². The van der Waals surface area contributed by atoms with E-state index in [0.717, 1.165) is 10.9 Å². The normalized spacial score (nSPS) is 11.4. The summed E-state index contributed by atoms with van der Waals surface area (Å²) >= 11 is 0. The molecule has 3 aromatic rings. The van der Waals surface area contributed by atoms with Gasteiger partial charge in [-0.1, -0.05) is 12.1 Å². The minimum Gasteiger partial charge on any atom is -0.440 e. The fourth-order valence-corrected chi connectivity index (χ4v) is 2.21. The Kier molecular flexibility index (Phi) is 2.04. The van der Waals surface area contributed by atoms with Crippen LogP contribution in [-0.2, 0) is 6.54 Å². The van der Waals surface area contributed by atoms with Gasteiger partial charge in [0.15, 0.2) is 17.0 Å². The molecule has 3 rings (SSSR count). The molecule has 0 aliphatic rings. The van der Waals surface area contributed by atoms with E-state index in [9.17, 15) is 4.79 Å². The fourth-order valence-electron chi connectivity index (χ4n) is 2.21. The predicted octanol–water partition coefficient (Wildman–Crippen LogP) is 2.47. The molecule has 0 amide bonds. The molecule has 0 saturated carbocycles. The molecule has 17 heavy (non-hydrogen) atoms. The van der Waals surface area contributed by atoms with E-state index in [1.165, 1.54) is 0 Å². The third-order valence-corrected chi connectivity index (χ3v) is 2.94. The minimum atomic E-state index is -0.0851. The number of fused-ring (bicyclic) bond motifs is 3. The number of oxazole rings is 1. The molecule has 0 unspecified atom stereocenters. The van der Waals surface area contributed by atoms with Crippen LogP contribution in [-0.4, -0.2) is 9.55 Å². The average molecular weight is 228 g/mol. The Balaban J connectivity index is 2.68. The lowest BCUT2D eigenvalue weighted by atomic mass is 10.2. The molecule has 0 radical (unpaired) electrons. The van der Waals surface area contributed by atoms with Gasteiger partial charge in [-0.3, -0.25) is 4.79 Å². The molecule has 1 aromatic carbocycles. The van der Waals surface area contributed by atoms with Crippen LogP contribution in [0.5, 0.6) is 0 Å². The zero-order valence-electron chi connectivity index (χ0n) is 9.73. The van der Waals surface area contributed by atoms with E-state index >= 15 is 0 Å². The quantitative estimate of drug-likeness (QED) is 0.642. The fraction of sp³-hybridized carbons (Fsp3) is 0.231. The lowest BCUT2D eigenvalue weighted by Crippen LogP contribution is -2.19. The standard InChI is InChI=1S/C13H12N2O2/c1-3-15-10-7-5-4-6-9(10)12-11(13(15)16)14-8(2)17-12/h4-7H,3H2,1-2H3. The molecule has 2 heterocycles. The maximum atomic E-state index is 12.2. The molecule has 86 valence electrons. The van der Waals surface area contributed by atoms with Crippen LogP contribution in [0.25, 0.3) is 22.0 Å². The second-order valence-electron chi connectivity index (χ2n) is 3.98. The highest BCUT2D eigenvalue weighted by Crippen LogP contribution is 2.23. The van der Waals surface area contributed by atoms with E-state index in [1.807, 2.05) is 31.2 Å². The molecule has 0 aliphatic carbocycles. The van der Waals surface area contributed by atoms with Gasteiger partial charge >= 0.3 is 0 Å². The number of aromatic nitrogens is 2. The first kappa shape index (κ1) is 10.1. The summed E-state index contributed by atoms with van der Waals surface area (Å²) in [6, 6.07) is 7.73. The predicted molar refractivity (Wildman–Crippen MR) is 66.2 cm³/mol. The Hall–Kier alpha value is -2.10. The van der Waals surface area contributed by atoms with Crippen LogP contribution < -0.4 is 5.56 Å². The highest BCUT2D eigenvalue weighted by atomic mass is 16.3. The van der Waals surface area contributed by atoms with Crippen molar-refractivity contribution in [2.24, 2.45) is 0 Å². The molecule has 0 atom stereocenters. The molecule has 0 N–H and O–H groups in total. The number of benzene rings is 1. The van der Waals surface area contributed by atoms with Crippen LogP contribution in [0.1, 0.15) is 12.8 Å². The van der Waals surface area contributed by atoms with Crippen LogP contribution in [0.15, 0.2) is 33.5 Å². The molecule has 4 nitrogen and oxygen atoms in total. The van der Waals surface area contributed by atoms with E-state index in [4.69, 9.17) is 4.42 Å². The number of pyridine rings is 1. The van der Waals surface area contributed by atoms with Crippen LogP contribution in [0, 0.1) is 6.92 Å². The van der Waals surface area contributed by atoms with Crippen molar-refractivity contribution in [1.29, 1.82) is 0 Å². The summed E-state index contributed by atoms with van der Waals surface area (Å²) in [4.78, 5) is 16.4. The lowest BCUT2D eigenvalue weighted by molar-refractivity contribution is 0.563. The van der Waals surface area contributed by atoms with E-state index in [0.29, 0.717) is 23.5 Å². The van der Waals surface area contributed by atoms with Crippen molar-refractivity contribution in [2.45, 2.75) is 20.4 Å². The van der Waals surface area contributed by atoms with Gasteiger partial charge in [-0.2, -0.15) is 0 Å². The molecule has 0 bridgehead atoms. The number of aryl methyl sites for hydroxylation is 2. The first-order valence-electron chi connectivity index (χ1n) is 5.61. The van der Waals surface area contributed by atoms with Gasteiger partial charge < -0.3 is 8.98 Å². The van der Waals surface area contributed by atoms with Crippen molar-refractivity contribution >= 4 is 22.0 Å². The molecular weight excluding hydrogens is 216 g/mol. The molecule has 0 saturated heterocycles. The van der Waals surface area contributed by atoms with E-state index in [2.05, 4.69) is 4.98 Å². The zero-order chi connectivity index (χ0) is 12.0. The van der Waals surface area contributed by atoms with E-state index in [-0.39, 0.29) is 5.56 Å². The Morgan fingerprint density at radius 2 is 2.12 bits per heavy atom. The summed E-state index contributed by atoms with van der Waals surface area (Å²) in [6.45, 7) is 4.33. The number of hydrogen-bond acceptors (Lipinski definition) is 3. The van der Waals surface area contributed by atoms with Gasteiger partial charge in [-0.15, -0.1) is 0 Å². The molecule has 4 heteroatoms. The largest absolute Gasteiger partial charge is 0.440 e. The second kappa shape index (κ2) is 3.45. The molecule has 0 spiro atoms. The summed E-state index contributed by atoms with van der Waals surface area (Å²) in [5.74, 6) is 0.524. The summed E-state index contributed by atoms with van der Waals surface area (Å²) in [7, 11) is 0. The maximum Gasteiger partial charge on any atom is 0.280 e. The Morgan fingerprint density at radius 1 is 1.35 bits per heavy atom. The van der Waals surface area contributed by atoms with Crippen molar-refractivity contribution < 1.29 is 4.42 Å². The first-order valence-corrected chi connectivity index (χ1v) is 5.61. The summed E-state index contributed by atoms with van der Waals surface area (Å²) in [6.07, 6.45) is 0. The number of hydrogen-bond donors (Lipinski definition) is 0. The van der Waals surface area contributed by atoms with E-state index in [1.54, 1.807) is 11.5 Å². The van der Waals surface area contributed by atoms with Crippen molar-refractivity contribution in [3.8, 4) is 0 Å².